The molecule has 0 unspecified atom stereocenters. The van der Waals surface area contributed by atoms with Crippen molar-refractivity contribution < 1.29 is 9.53 Å². The van der Waals surface area contributed by atoms with Gasteiger partial charge in [0.15, 0.2) is 10.8 Å². The number of carbonyl (C=O) groups excluding carboxylic acids is 1. The fourth-order valence-electron chi connectivity index (χ4n) is 3.55. The summed E-state index contributed by atoms with van der Waals surface area (Å²) in [6, 6.07) is 13.2. The number of nitrogens with one attached hydrogen (secondary N) is 1. The number of hydrogen-bond donors (Lipinski definition) is 1. The second-order valence-electron chi connectivity index (χ2n) is 6.91. The van der Waals surface area contributed by atoms with Crippen molar-refractivity contribution in [2.24, 2.45) is 0 Å². The molecular weight excluding hydrogens is 362 g/mol. The zero-order valence-electron chi connectivity index (χ0n) is 15.0. The molecule has 0 aliphatic heterocycles. The zero-order chi connectivity index (χ0) is 18.6. The van der Waals surface area contributed by atoms with Crippen molar-refractivity contribution in [1.29, 1.82) is 0 Å². The van der Waals surface area contributed by atoms with Gasteiger partial charge in [0.1, 0.15) is 5.65 Å². The number of rotatable bonds is 5. The van der Waals surface area contributed by atoms with Gasteiger partial charge in [-0.3, -0.25) is 9.20 Å². The zero-order valence-corrected chi connectivity index (χ0v) is 15.8. The number of hydrogen-bond acceptors (Lipinski definition) is 3. The van der Waals surface area contributed by atoms with E-state index in [2.05, 4.69) is 10.3 Å². The van der Waals surface area contributed by atoms with Crippen LogP contribution in [-0.4, -0.2) is 21.4 Å². The van der Waals surface area contributed by atoms with Gasteiger partial charge in [0.25, 0.3) is 5.91 Å². The number of nitrogens with zero attached hydrogens (tertiary/aromatic N) is 2. The number of ether oxygens (including phenoxy) is 1. The first kappa shape index (κ1) is 18.0. The van der Waals surface area contributed by atoms with Crippen molar-refractivity contribution >= 4 is 28.8 Å². The molecule has 4 rings (SSSR count). The molecule has 0 radical (unpaired) electrons. The van der Waals surface area contributed by atoms with Gasteiger partial charge in [0.2, 0.25) is 0 Å². The average Bonchev–Trinajstić information content (AvgIpc) is 3.03. The first-order valence-corrected chi connectivity index (χ1v) is 9.73. The number of amides is 1. The second kappa shape index (κ2) is 8.11. The molecule has 2 aromatic heterocycles. The standard InChI is InChI=1S/C21H22ClN3O2/c22-20-19(25-12-5-4-11-18(25)24-20)21(26)23-16-8-6-7-15(13-16)14-27-17-9-2-1-3-10-17/h4-8,11-13,17H,1-3,9-10,14H2,(H,23,26). The Morgan fingerprint density at radius 2 is 2.04 bits per heavy atom. The largest absolute Gasteiger partial charge is 0.374 e. The number of aromatic nitrogens is 2. The fourth-order valence-corrected chi connectivity index (χ4v) is 3.81. The van der Waals surface area contributed by atoms with Crippen LogP contribution in [0.25, 0.3) is 5.65 Å². The summed E-state index contributed by atoms with van der Waals surface area (Å²) >= 11 is 6.18. The van der Waals surface area contributed by atoms with Gasteiger partial charge in [-0.2, -0.15) is 0 Å². The van der Waals surface area contributed by atoms with Crippen LogP contribution in [0.2, 0.25) is 5.15 Å². The summed E-state index contributed by atoms with van der Waals surface area (Å²) in [4.78, 5) is 17.0. The molecule has 1 fully saturated rings. The normalized spacial score (nSPS) is 15.1. The lowest BCUT2D eigenvalue weighted by Gasteiger charge is -2.22. The minimum Gasteiger partial charge on any atom is -0.374 e. The van der Waals surface area contributed by atoms with Gasteiger partial charge in [0, 0.05) is 11.9 Å². The summed E-state index contributed by atoms with van der Waals surface area (Å²) in [6.45, 7) is 0.560. The minimum absolute atomic E-state index is 0.190. The highest BCUT2D eigenvalue weighted by Gasteiger charge is 2.18. The van der Waals surface area contributed by atoms with E-state index < -0.39 is 0 Å². The molecule has 140 valence electrons. The van der Waals surface area contributed by atoms with Gasteiger partial charge >= 0.3 is 0 Å². The van der Waals surface area contributed by atoms with Crippen molar-refractivity contribution in [3.05, 3.63) is 65.1 Å². The van der Waals surface area contributed by atoms with Crippen LogP contribution in [0.5, 0.6) is 0 Å². The molecule has 5 nitrogen and oxygen atoms in total. The van der Waals surface area contributed by atoms with Crippen LogP contribution in [0.15, 0.2) is 48.7 Å². The summed E-state index contributed by atoms with van der Waals surface area (Å²) in [7, 11) is 0. The summed E-state index contributed by atoms with van der Waals surface area (Å²) in [6.07, 6.45) is 8.23. The summed E-state index contributed by atoms with van der Waals surface area (Å²) in [5.74, 6) is -0.288. The lowest BCUT2D eigenvalue weighted by Crippen LogP contribution is -2.17. The molecule has 0 bridgehead atoms. The number of pyridine rings is 1. The third-order valence-electron chi connectivity index (χ3n) is 4.93. The van der Waals surface area contributed by atoms with Gasteiger partial charge in [-0.25, -0.2) is 4.98 Å². The number of fused-ring (bicyclic) bond motifs is 1. The molecule has 3 aromatic rings. The van der Waals surface area contributed by atoms with Crippen LogP contribution in [0.4, 0.5) is 5.69 Å². The fraction of sp³-hybridized carbons (Fsp3) is 0.333. The molecule has 1 saturated carbocycles. The van der Waals surface area contributed by atoms with Gasteiger partial charge in [-0.15, -0.1) is 0 Å². The predicted molar refractivity (Wildman–Crippen MR) is 106 cm³/mol. The molecule has 0 spiro atoms. The van der Waals surface area contributed by atoms with Crippen LogP contribution in [0.1, 0.15) is 48.2 Å². The Labute approximate surface area is 163 Å². The maximum absolute atomic E-state index is 12.7. The molecule has 2 heterocycles. The number of carbonyl (C=O) groups is 1. The number of benzene rings is 1. The number of anilines is 1. The van der Waals surface area contributed by atoms with E-state index in [1.165, 1.54) is 19.3 Å². The lowest BCUT2D eigenvalue weighted by molar-refractivity contribution is 0.0169. The van der Waals surface area contributed by atoms with Crippen LogP contribution in [0, 0.1) is 0 Å². The van der Waals surface area contributed by atoms with E-state index in [1.54, 1.807) is 10.6 Å². The van der Waals surface area contributed by atoms with E-state index in [9.17, 15) is 4.79 Å². The quantitative estimate of drug-likeness (QED) is 0.667. The summed E-state index contributed by atoms with van der Waals surface area (Å²) in [5, 5.41) is 3.11. The van der Waals surface area contributed by atoms with Gasteiger partial charge in [-0.1, -0.05) is 49.1 Å². The summed E-state index contributed by atoms with van der Waals surface area (Å²) < 4.78 is 7.72. The van der Waals surface area contributed by atoms with Crippen molar-refractivity contribution in [2.45, 2.75) is 44.8 Å². The second-order valence-corrected chi connectivity index (χ2v) is 7.26. The van der Waals surface area contributed by atoms with E-state index in [0.29, 0.717) is 29.7 Å². The SMILES string of the molecule is O=C(Nc1cccc(COC2CCCCC2)c1)c1c(Cl)nc2ccccn12. The first-order valence-electron chi connectivity index (χ1n) is 9.35. The van der Waals surface area contributed by atoms with Crippen LogP contribution >= 0.6 is 11.6 Å². The number of halogens is 1. The highest BCUT2D eigenvalue weighted by atomic mass is 35.5. The highest BCUT2D eigenvalue weighted by molar-refractivity contribution is 6.33. The third kappa shape index (κ3) is 4.15. The average molecular weight is 384 g/mol. The highest BCUT2D eigenvalue weighted by Crippen LogP contribution is 2.23. The van der Waals surface area contributed by atoms with E-state index in [-0.39, 0.29) is 11.1 Å². The van der Waals surface area contributed by atoms with E-state index in [0.717, 1.165) is 18.4 Å². The Morgan fingerprint density at radius 1 is 1.19 bits per heavy atom. The maximum Gasteiger partial charge on any atom is 0.275 e. The Morgan fingerprint density at radius 3 is 2.89 bits per heavy atom. The molecule has 27 heavy (non-hydrogen) atoms. The van der Waals surface area contributed by atoms with Crippen LogP contribution < -0.4 is 5.32 Å². The topological polar surface area (TPSA) is 55.6 Å². The monoisotopic (exact) mass is 383 g/mol. The molecule has 1 aliphatic rings. The van der Waals surface area contributed by atoms with Crippen molar-refractivity contribution in [1.82, 2.24) is 9.38 Å². The van der Waals surface area contributed by atoms with Crippen LogP contribution in [0.3, 0.4) is 0 Å². The third-order valence-corrected chi connectivity index (χ3v) is 5.19. The smallest absolute Gasteiger partial charge is 0.275 e. The Bertz CT molecular complexity index is 948. The van der Waals surface area contributed by atoms with E-state index in [4.69, 9.17) is 16.3 Å². The Hall–Kier alpha value is -2.37. The van der Waals surface area contributed by atoms with Gasteiger partial charge < -0.3 is 10.1 Å². The molecule has 0 atom stereocenters. The predicted octanol–water partition coefficient (Wildman–Crippen LogP) is 5.09. The van der Waals surface area contributed by atoms with E-state index >= 15 is 0 Å². The molecular formula is C21H22ClN3O2. The Balaban J connectivity index is 1.45. The maximum atomic E-state index is 12.7. The van der Waals surface area contributed by atoms with Crippen LogP contribution in [-0.2, 0) is 11.3 Å². The van der Waals surface area contributed by atoms with Gasteiger partial charge in [0.05, 0.1) is 12.7 Å². The van der Waals surface area contributed by atoms with E-state index in [1.807, 2.05) is 42.5 Å². The minimum atomic E-state index is -0.288. The number of imidazole rings is 1. The molecule has 1 amide bonds. The molecule has 1 aromatic carbocycles. The lowest BCUT2D eigenvalue weighted by atomic mass is 9.98. The molecule has 0 saturated heterocycles. The van der Waals surface area contributed by atoms with Crippen molar-refractivity contribution in [2.75, 3.05) is 5.32 Å². The Kier molecular flexibility index (Phi) is 5.41. The van der Waals surface area contributed by atoms with Crippen molar-refractivity contribution in [3.8, 4) is 0 Å². The molecule has 1 aliphatic carbocycles. The molecule has 6 heteroatoms. The van der Waals surface area contributed by atoms with Crippen molar-refractivity contribution in [3.63, 3.8) is 0 Å². The summed E-state index contributed by atoms with van der Waals surface area (Å²) in [5.41, 5.74) is 2.73. The van der Waals surface area contributed by atoms with Gasteiger partial charge in [-0.05, 0) is 42.7 Å². The first-order chi connectivity index (χ1) is 13.2. The molecule has 1 N–H and O–H groups in total.